The van der Waals surface area contributed by atoms with Crippen molar-refractivity contribution < 1.29 is 42.1 Å². The number of carbonyl (C=O) groups excluding carboxylic acids is 2. The molecule has 0 saturated heterocycles. The minimum Gasteiger partial charge on any atom is -0.496 e. The van der Waals surface area contributed by atoms with E-state index in [1.54, 1.807) is 12.0 Å². The van der Waals surface area contributed by atoms with E-state index in [-0.39, 0.29) is 24.7 Å². The Labute approximate surface area is 304 Å². The first-order chi connectivity index (χ1) is 25.5. The lowest BCUT2D eigenvalue weighted by molar-refractivity contribution is -0.192. The first kappa shape index (κ1) is 38.1. The summed E-state index contributed by atoms with van der Waals surface area (Å²) < 4.78 is 43.5. The van der Waals surface area contributed by atoms with Gasteiger partial charge in [0.05, 0.1) is 19.3 Å². The molecule has 0 radical (unpaired) electrons. The van der Waals surface area contributed by atoms with Crippen LogP contribution in [0.25, 0.3) is 11.1 Å². The van der Waals surface area contributed by atoms with Gasteiger partial charge in [-0.05, 0) is 70.1 Å². The summed E-state index contributed by atoms with van der Waals surface area (Å²) in [5, 5.41) is 10.0. The fourth-order valence-electron chi connectivity index (χ4n) is 5.90. The van der Waals surface area contributed by atoms with Crippen LogP contribution in [-0.2, 0) is 40.4 Å². The van der Waals surface area contributed by atoms with Crippen molar-refractivity contribution in [3.05, 3.63) is 143 Å². The minimum atomic E-state index is -5.08. The van der Waals surface area contributed by atoms with Gasteiger partial charge >= 0.3 is 12.1 Å². The number of nitrogens with two attached hydrogens (primary N) is 1. The number of hydrogen-bond donors (Lipinski definition) is 3. The van der Waals surface area contributed by atoms with E-state index in [2.05, 4.69) is 47.8 Å². The van der Waals surface area contributed by atoms with E-state index >= 15 is 0 Å². The summed E-state index contributed by atoms with van der Waals surface area (Å²) in [7, 11) is 1.60. The first-order valence-corrected chi connectivity index (χ1v) is 16.7. The molecule has 0 heterocycles. The van der Waals surface area contributed by atoms with Crippen LogP contribution in [0.5, 0.6) is 17.2 Å². The number of fused-ring (bicyclic) bond motifs is 3. The lowest BCUT2D eigenvalue weighted by Crippen LogP contribution is -2.32. The Morgan fingerprint density at radius 3 is 2.21 bits per heavy atom. The van der Waals surface area contributed by atoms with E-state index in [1.165, 1.54) is 22.3 Å². The van der Waals surface area contributed by atoms with Gasteiger partial charge in [0.15, 0.2) is 5.75 Å². The Balaban J connectivity index is 0.000000705. The van der Waals surface area contributed by atoms with Gasteiger partial charge in [-0.15, -0.1) is 0 Å². The summed E-state index contributed by atoms with van der Waals surface area (Å²) in [4.78, 5) is 37.5. The van der Waals surface area contributed by atoms with Crippen LogP contribution >= 0.6 is 0 Å². The molecule has 5 aromatic carbocycles. The third-order valence-corrected chi connectivity index (χ3v) is 8.49. The van der Waals surface area contributed by atoms with Gasteiger partial charge in [0.2, 0.25) is 11.8 Å². The standard InChI is InChI=1S/C39H37N3O4.C2HF3O2/c1-45-36-15-6-3-11-30(36)25-41-38(43)19-20-39(44)42(26-28-17-18-34-31(21-28)23-29-10-2-4-13-33(29)34)35-14-5-7-16-37(35)46-32-12-8-9-27(22-32)24-40;3-2(4,5)1(6)7/h2-18,21-22H,19-20,23-26,40H2,1H3,(H,41,43);(H,6,7). The van der Waals surface area contributed by atoms with Gasteiger partial charge in [-0.2, -0.15) is 13.2 Å². The van der Waals surface area contributed by atoms with Crippen LogP contribution in [-0.4, -0.2) is 36.2 Å². The highest BCUT2D eigenvalue weighted by Crippen LogP contribution is 2.38. The smallest absolute Gasteiger partial charge is 0.490 e. The Hall–Kier alpha value is -6.14. The fraction of sp³-hybridized carbons (Fsp3) is 0.195. The average Bonchev–Trinajstić information content (AvgIpc) is 3.53. The molecule has 274 valence electrons. The van der Waals surface area contributed by atoms with Gasteiger partial charge in [0.1, 0.15) is 11.5 Å². The molecule has 0 aliphatic heterocycles. The number of amides is 2. The number of alkyl halides is 3. The molecule has 6 rings (SSSR count). The molecule has 0 fully saturated rings. The number of halogens is 3. The fourth-order valence-corrected chi connectivity index (χ4v) is 5.90. The third-order valence-electron chi connectivity index (χ3n) is 8.49. The SMILES string of the molecule is COc1ccccc1CNC(=O)CCC(=O)N(Cc1ccc2c(c1)Cc1ccccc1-2)c1ccccc1Oc1cccc(CN)c1.O=C(O)C(F)(F)F. The van der Waals surface area contributed by atoms with E-state index in [1.807, 2.05) is 72.8 Å². The second-order valence-corrected chi connectivity index (χ2v) is 12.1. The topological polar surface area (TPSA) is 131 Å². The predicted molar refractivity (Wildman–Crippen MR) is 194 cm³/mol. The number of carboxylic acid groups (broad SMARTS) is 1. The van der Waals surface area contributed by atoms with Crippen LogP contribution in [0.2, 0.25) is 0 Å². The molecule has 1 aliphatic carbocycles. The van der Waals surface area contributed by atoms with Crippen LogP contribution in [0, 0.1) is 0 Å². The van der Waals surface area contributed by atoms with Crippen LogP contribution in [0.1, 0.15) is 40.7 Å². The van der Waals surface area contributed by atoms with Gasteiger partial charge in [0.25, 0.3) is 0 Å². The number of nitrogens with zero attached hydrogens (tertiary/aromatic N) is 1. The number of rotatable bonds is 12. The average molecular weight is 726 g/mol. The van der Waals surface area contributed by atoms with Crippen molar-refractivity contribution in [1.29, 1.82) is 0 Å². The van der Waals surface area contributed by atoms with Crippen molar-refractivity contribution in [2.45, 2.75) is 45.1 Å². The molecular weight excluding hydrogens is 687 g/mol. The number of methoxy groups -OCH3 is 1. The number of nitrogens with one attached hydrogen (secondary N) is 1. The quantitative estimate of drug-likeness (QED) is 0.117. The van der Waals surface area contributed by atoms with Crippen molar-refractivity contribution in [3.8, 4) is 28.4 Å². The summed E-state index contributed by atoms with van der Waals surface area (Å²) in [6, 6.07) is 37.5. The molecule has 1 aliphatic rings. The van der Waals surface area contributed by atoms with Crippen molar-refractivity contribution >= 4 is 23.5 Å². The van der Waals surface area contributed by atoms with Gasteiger partial charge in [-0.25, -0.2) is 4.79 Å². The number of benzene rings is 5. The number of ether oxygens (including phenoxy) is 2. The molecule has 9 nitrogen and oxygen atoms in total. The van der Waals surface area contributed by atoms with Crippen LogP contribution in [0.15, 0.2) is 115 Å². The molecule has 0 unspecified atom stereocenters. The second-order valence-electron chi connectivity index (χ2n) is 12.1. The summed E-state index contributed by atoms with van der Waals surface area (Å²) in [6.45, 7) is 1.04. The normalized spacial score (nSPS) is 11.3. The van der Waals surface area contributed by atoms with E-state index in [4.69, 9.17) is 25.1 Å². The molecule has 0 bridgehead atoms. The molecule has 0 saturated carbocycles. The number of aliphatic carboxylic acids is 1. The number of carbonyl (C=O) groups is 3. The minimum absolute atomic E-state index is 0.0329. The maximum absolute atomic E-state index is 14.0. The van der Waals surface area contributed by atoms with Crippen LogP contribution in [0.4, 0.5) is 18.9 Å². The van der Waals surface area contributed by atoms with Crippen LogP contribution < -0.4 is 25.4 Å². The molecule has 5 aromatic rings. The number of para-hydroxylation sites is 3. The van der Waals surface area contributed by atoms with Crippen molar-refractivity contribution in [1.82, 2.24) is 5.32 Å². The molecule has 53 heavy (non-hydrogen) atoms. The Kier molecular flexibility index (Phi) is 12.5. The van der Waals surface area contributed by atoms with E-state index in [0.29, 0.717) is 42.6 Å². The first-order valence-electron chi connectivity index (χ1n) is 16.7. The molecule has 12 heteroatoms. The molecule has 4 N–H and O–H groups in total. The summed E-state index contributed by atoms with van der Waals surface area (Å²) >= 11 is 0. The summed E-state index contributed by atoms with van der Waals surface area (Å²) in [5.41, 5.74) is 14.3. The van der Waals surface area contributed by atoms with E-state index in [9.17, 15) is 22.8 Å². The summed E-state index contributed by atoms with van der Waals surface area (Å²) in [5.74, 6) is -1.27. The zero-order valence-electron chi connectivity index (χ0n) is 28.9. The molecular formula is C41H38F3N3O6. The van der Waals surface area contributed by atoms with E-state index < -0.39 is 12.1 Å². The lowest BCUT2D eigenvalue weighted by atomic mass is 10.0. The Morgan fingerprint density at radius 1 is 0.792 bits per heavy atom. The Bertz CT molecular complexity index is 2080. The molecule has 0 spiro atoms. The van der Waals surface area contributed by atoms with Gasteiger partial charge in [0, 0.05) is 31.5 Å². The Morgan fingerprint density at radius 2 is 1.47 bits per heavy atom. The highest BCUT2D eigenvalue weighted by Gasteiger charge is 2.38. The van der Waals surface area contributed by atoms with Crippen molar-refractivity contribution in [3.63, 3.8) is 0 Å². The third kappa shape index (κ3) is 10.0. The maximum Gasteiger partial charge on any atom is 0.490 e. The monoisotopic (exact) mass is 725 g/mol. The number of hydrogen-bond acceptors (Lipinski definition) is 6. The zero-order chi connectivity index (χ0) is 38.0. The predicted octanol–water partition coefficient (Wildman–Crippen LogP) is 7.78. The van der Waals surface area contributed by atoms with Crippen LogP contribution in [0.3, 0.4) is 0 Å². The second kappa shape index (κ2) is 17.4. The van der Waals surface area contributed by atoms with E-state index in [0.717, 1.165) is 23.1 Å². The molecule has 0 aromatic heterocycles. The van der Waals surface area contributed by atoms with Gasteiger partial charge in [-0.1, -0.05) is 84.9 Å². The maximum atomic E-state index is 14.0. The zero-order valence-corrected chi connectivity index (χ0v) is 28.9. The van der Waals surface area contributed by atoms with Crippen molar-refractivity contribution in [2.75, 3.05) is 12.0 Å². The summed E-state index contributed by atoms with van der Waals surface area (Å²) in [6.07, 6.45) is -4.15. The van der Waals surface area contributed by atoms with Gasteiger partial charge < -0.3 is 30.5 Å². The van der Waals surface area contributed by atoms with Gasteiger partial charge in [-0.3, -0.25) is 9.59 Å². The lowest BCUT2D eigenvalue weighted by Gasteiger charge is -2.26. The largest absolute Gasteiger partial charge is 0.496 e. The van der Waals surface area contributed by atoms with Crippen molar-refractivity contribution in [2.24, 2.45) is 5.73 Å². The number of anilines is 1. The molecule has 0 atom stereocenters. The highest BCUT2D eigenvalue weighted by atomic mass is 19.4. The number of carboxylic acids is 1. The highest BCUT2D eigenvalue weighted by molar-refractivity contribution is 5.96. The molecule has 2 amide bonds.